The van der Waals surface area contributed by atoms with E-state index in [4.69, 9.17) is 0 Å². The van der Waals surface area contributed by atoms with Crippen molar-refractivity contribution in [2.24, 2.45) is 0 Å². The number of carbonyl (C=O) groups excluding carboxylic acids is 2. The van der Waals surface area contributed by atoms with Crippen LogP contribution in [-0.2, 0) is 9.59 Å². The molecule has 0 aromatic carbocycles. The molecule has 6 nitrogen and oxygen atoms in total. The van der Waals surface area contributed by atoms with Crippen LogP contribution in [0.15, 0.2) is 18.3 Å². The summed E-state index contributed by atoms with van der Waals surface area (Å²) >= 11 is 0. The first kappa shape index (κ1) is 14.2. The molecule has 1 fully saturated rings. The standard InChI is InChI=1S/C12H13F2N3O3/c13-12(14)20-10-5-4-7(6-15-10)16-11(19)8-2-1-3-9(18)17-8/h4-6,8,12H,1-3H2,(H,16,19)(H,17,18)/t8-/m1/s1. The zero-order valence-corrected chi connectivity index (χ0v) is 10.4. The van der Waals surface area contributed by atoms with Gasteiger partial charge < -0.3 is 15.4 Å². The molecule has 2 N–H and O–H groups in total. The van der Waals surface area contributed by atoms with Gasteiger partial charge in [0.15, 0.2) is 0 Å². The van der Waals surface area contributed by atoms with Crippen LogP contribution in [0, 0.1) is 0 Å². The molecular formula is C12H13F2N3O3. The van der Waals surface area contributed by atoms with E-state index in [1.54, 1.807) is 0 Å². The number of anilines is 1. The molecule has 2 rings (SSSR count). The first-order valence-electron chi connectivity index (χ1n) is 6.05. The van der Waals surface area contributed by atoms with E-state index in [2.05, 4.69) is 20.4 Å². The highest BCUT2D eigenvalue weighted by atomic mass is 19.3. The summed E-state index contributed by atoms with van der Waals surface area (Å²) in [6, 6.07) is 2.04. The van der Waals surface area contributed by atoms with E-state index in [-0.39, 0.29) is 17.7 Å². The molecule has 2 amide bonds. The van der Waals surface area contributed by atoms with Gasteiger partial charge in [-0.15, -0.1) is 0 Å². The van der Waals surface area contributed by atoms with Crippen molar-refractivity contribution in [2.75, 3.05) is 5.32 Å². The second-order valence-corrected chi connectivity index (χ2v) is 4.27. The van der Waals surface area contributed by atoms with Gasteiger partial charge in [-0.3, -0.25) is 9.59 Å². The number of rotatable bonds is 4. The van der Waals surface area contributed by atoms with Crippen LogP contribution in [0.1, 0.15) is 19.3 Å². The van der Waals surface area contributed by atoms with Crippen LogP contribution in [0.25, 0.3) is 0 Å². The van der Waals surface area contributed by atoms with E-state index < -0.39 is 12.7 Å². The molecule has 1 aliphatic heterocycles. The number of nitrogens with one attached hydrogen (secondary N) is 2. The van der Waals surface area contributed by atoms with Crippen LogP contribution in [0.2, 0.25) is 0 Å². The topological polar surface area (TPSA) is 80.3 Å². The smallest absolute Gasteiger partial charge is 0.388 e. The van der Waals surface area contributed by atoms with E-state index in [1.807, 2.05) is 0 Å². The Hall–Kier alpha value is -2.25. The van der Waals surface area contributed by atoms with Crippen LogP contribution in [0.4, 0.5) is 14.5 Å². The Labute approximate surface area is 113 Å². The molecule has 0 radical (unpaired) electrons. The number of halogens is 2. The Morgan fingerprint density at radius 2 is 2.30 bits per heavy atom. The minimum absolute atomic E-state index is 0.157. The van der Waals surface area contributed by atoms with E-state index in [1.165, 1.54) is 18.3 Å². The Bertz CT molecular complexity index is 493. The molecule has 0 spiro atoms. The average molecular weight is 285 g/mol. The van der Waals surface area contributed by atoms with Crippen LogP contribution in [0.5, 0.6) is 5.88 Å². The molecule has 1 saturated heterocycles. The first-order chi connectivity index (χ1) is 9.54. The van der Waals surface area contributed by atoms with Crippen molar-refractivity contribution in [2.45, 2.75) is 31.9 Å². The summed E-state index contributed by atoms with van der Waals surface area (Å²) in [5.74, 6) is -0.749. The lowest BCUT2D eigenvalue weighted by molar-refractivity contribution is -0.128. The molecule has 0 saturated carbocycles. The molecule has 1 aromatic heterocycles. The zero-order valence-electron chi connectivity index (χ0n) is 10.4. The van der Waals surface area contributed by atoms with Crippen LogP contribution < -0.4 is 15.4 Å². The fourth-order valence-electron chi connectivity index (χ4n) is 1.85. The molecule has 0 aliphatic carbocycles. The van der Waals surface area contributed by atoms with E-state index in [0.717, 1.165) is 0 Å². The lowest BCUT2D eigenvalue weighted by atomic mass is 10.0. The molecule has 0 unspecified atom stereocenters. The van der Waals surface area contributed by atoms with Crippen molar-refractivity contribution in [1.29, 1.82) is 0 Å². The summed E-state index contributed by atoms with van der Waals surface area (Å²) in [4.78, 5) is 26.7. The third kappa shape index (κ3) is 3.87. The third-order valence-corrected chi connectivity index (χ3v) is 2.76. The Morgan fingerprint density at radius 1 is 1.50 bits per heavy atom. The maximum Gasteiger partial charge on any atom is 0.388 e. The Kier molecular flexibility index (Phi) is 4.44. The number of ether oxygens (including phenoxy) is 1. The Morgan fingerprint density at radius 3 is 2.90 bits per heavy atom. The lowest BCUT2D eigenvalue weighted by Gasteiger charge is -2.22. The molecule has 0 bridgehead atoms. The number of amides is 2. The highest BCUT2D eigenvalue weighted by Gasteiger charge is 2.24. The van der Waals surface area contributed by atoms with Crippen molar-refractivity contribution in [1.82, 2.24) is 10.3 Å². The summed E-state index contributed by atoms with van der Waals surface area (Å²) < 4.78 is 28.0. The van der Waals surface area contributed by atoms with Gasteiger partial charge in [0.1, 0.15) is 6.04 Å². The molecule has 1 atom stereocenters. The number of piperidine rings is 1. The van der Waals surface area contributed by atoms with Gasteiger partial charge in [-0.25, -0.2) is 4.98 Å². The number of hydrogen-bond acceptors (Lipinski definition) is 4. The number of alkyl halides is 2. The first-order valence-corrected chi connectivity index (χ1v) is 6.05. The Balaban J connectivity index is 1.92. The monoisotopic (exact) mass is 285 g/mol. The number of hydrogen-bond donors (Lipinski definition) is 2. The fraction of sp³-hybridized carbons (Fsp3) is 0.417. The molecule has 8 heteroatoms. The second-order valence-electron chi connectivity index (χ2n) is 4.27. The SMILES string of the molecule is O=C1CCC[C@H](C(=O)Nc2ccc(OC(F)F)nc2)N1. The summed E-state index contributed by atoms with van der Waals surface area (Å²) in [5, 5.41) is 5.13. The number of carbonyl (C=O) groups is 2. The summed E-state index contributed by atoms with van der Waals surface area (Å²) in [6.07, 6.45) is 2.85. The lowest BCUT2D eigenvalue weighted by Crippen LogP contribution is -2.46. The van der Waals surface area contributed by atoms with Gasteiger partial charge in [-0.1, -0.05) is 0 Å². The fourth-order valence-corrected chi connectivity index (χ4v) is 1.85. The van der Waals surface area contributed by atoms with Crippen LogP contribution >= 0.6 is 0 Å². The van der Waals surface area contributed by atoms with Gasteiger partial charge in [-0.05, 0) is 18.9 Å². The maximum absolute atomic E-state index is 11.9. The van der Waals surface area contributed by atoms with Crippen LogP contribution in [-0.4, -0.2) is 29.5 Å². The van der Waals surface area contributed by atoms with E-state index in [0.29, 0.717) is 24.9 Å². The molecular weight excluding hydrogens is 272 g/mol. The number of nitrogens with zero attached hydrogens (tertiary/aromatic N) is 1. The predicted octanol–water partition coefficient (Wildman–Crippen LogP) is 1.29. The van der Waals surface area contributed by atoms with Crippen molar-refractivity contribution >= 4 is 17.5 Å². The summed E-state index contributed by atoms with van der Waals surface area (Å²) in [7, 11) is 0. The highest BCUT2D eigenvalue weighted by molar-refractivity contribution is 5.97. The molecule has 2 heterocycles. The quantitative estimate of drug-likeness (QED) is 0.873. The summed E-state index contributed by atoms with van der Waals surface area (Å²) in [6.45, 7) is -2.94. The molecule has 108 valence electrons. The minimum atomic E-state index is -2.94. The molecule has 20 heavy (non-hydrogen) atoms. The second kappa shape index (κ2) is 6.27. The molecule has 1 aromatic rings. The van der Waals surface area contributed by atoms with E-state index in [9.17, 15) is 18.4 Å². The van der Waals surface area contributed by atoms with Crippen molar-refractivity contribution in [3.8, 4) is 5.88 Å². The average Bonchev–Trinajstić information content (AvgIpc) is 2.40. The van der Waals surface area contributed by atoms with Gasteiger partial charge in [0, 0.05) is 12.5 Å². The highest BCUT2D eigenvalue weighted by Crippen LogP contribution is 2.15. The van der Waals surface area contributed by atoms with Crippen molar-refractivity contribution < 1.29 is 23.1 Å². The van der Waals surface area contributed by atoms with Crippen molar-refractivity contribution in [3.05, 3.63) is 18.3 Å². The molecule has 1 aliphatic rings. The third-order valence-electron chi connectivity index (χ3n) is 2.76. The van der Waals surface area contributed by atoms with Crippen LogP contribution in [0.3, 0.4) is 0 Å². The predicted molar refractivity (Wildman–Crippen MR) is 65.3 cm³/mol. The van der Waals surface area contributed by atoms with Gasteiger partial charge >= 0.3 is 6.61 Å². The minimum Gasteiger partial charge on any atom is -0.417 e. The number of aromatic nitrogens is 1. The van der Waals surface area contributed by atoms with Gasteiger partial charge in [0.25, 0.3) is 0 Å². The maximum atomic E-state index is 11.9. The largest absolute Gasteiger partial charge is 0.417 e. The zero-order chi connectivity index (χ0) is 14.5. The number of pyridine rings is 1. The van der Waals surface area contributed by atoms with Crippen molar-refractivity contribution in [3.63, 3.8) is 0 Å². The normalized spacial score (nSPS) is 18.6. The summed E-state index contributed by atoms with van der Waals surface area (Å²) in [5.41, 5.74) is 0.344. The van der Waals surface area contributed by atoms with Gasteiger partial charge in [0.2, 0.25) is 17.7 Å². The van der Waals surface area contributed by atoms with Gasteiger partial charge in [0.05, 0.1) is 11.9 Å². The van der Waals surface area contributed by atoms with E-state index >= 15 is 0 Å². The van der Waals surface area contributed by atoms with Gasteiger partial charge in [-0.2, -0.15) is 8.78 Å².